The molecule has 0 radical (unpaired) electrons. The Kier molecular flexibility index (Phi) is 6.33. The molecule has 1 amide bonds. The fourth-order valence-electron chi connectivity index (χ4n) is 2.38. The van der Waals surface area contributed by atoms with Crippen molar-refractivity contribution in [3.63, 3.8) is 0 Å². The van der Waals surface area contributed by atoms with Crippen molar-refractivity contribution in [3.05, 3.63) is 59.7 Å². The zero-order valence-corrected chi connectivity index (χ0v) is 15.6. The average molecular weight is 412 g/mol. The van der Waals surface area contributed by atoms with Gasteiger partial charge in [0.2, 0.25) is 0 Å². The molecule has 142 valence electrons. The van der Waals surface area contributed by atoms with Gasteiger partial charge in [-0.15, -0.1) is 13.2 Å². The predicted molar refractivity (Wildman–Crippen MR) is 104 cm³/mol. The lowest BCUT2D eigenvalue weighted by Gasteiger charge is -2.12. The molecule has 9 heteroatoms. The largest absolute Gasteiger partial charge is 0.573 e. The fraction of sp³-hybridized carbons (Fsp3) is 0.222. The molecule has 0 unspecified atom stereocenters. The van der Waals surface area contributed by atoms with Crippen molar-refractivity contribution in [1.82, 2.24) is 0 Å². The monoisotopic (exact) mass is 412 g/mol. The van der Waals surface area contributed by atoms with Gasteiger partial charge in [0, 0.05) is 28.8 Å². The molecule has 0 aliphatic carbocycles. The molecule has 0 fully saturated rings. The number of carbonyl (C=O) groups excluding carboxylic acids is 1. The van der Waals surface area contributed by atoms with E-state index in [4.69, 9.17) is 0 Å². The molecule has 1 aliphatic rings. The lowest BCUT2D eigenvalue weighted by atomic mass is 10.1. The van der Waals surface area contributed by atoms with Crippen LogP contribution in [-0.4, -0.2) is 28.9 Å². The predicted octanol–water partition coefficient (Wildman–Crippen LogP) is 5.17. The molecule has 0 spiro atoms. The van der Waals surface area contributed by atoms with E-state index in [0.717, 1.165) is 28.3 Å². The van der Waals surface area contributed by atoms with Gasteiger partial charge in [-0.25, -0.2) is 0 Å². The van der Waals surface area contributed by atoms with Crippen LogP contribution in [0.15, 0.2) is 53.5 Å². The number of ether oxygens (including phenoxy) is 1. The van der Waals surface area contributed by atoms with Gasteiger partial charge in [-0.3, -0.25) is 9.79 Å². The van der Waals surface area contributed by atoms with Crippen LogP contribution in [0.1, 0.15) is 15.9 Å². The summed E-state index contributed by atoms with van der Waals surface area (Å²) < 4.78 is 41.9. The molecule has 2 aromatic rings. The first kappa shape index (κ1) is 19.6. The number of rotatable bonds is 5. The van der Waals surface area contributed by atoms with Gasteiger partial charge < -0.3 is 10.1 Å². The maximum Gasteiger partial charge on any atom is 0.573 e. The Bertz CT molecular complexity index is 856. The SMILES string of the molecule is O=C(Nc1cccc(OC(F)(F)F)c1)c1ccccc1CSC1=NCCS1. The quantitative estimate of drug-likeness (QED) is 0.736. The number of thioether (sulfide) groups is 2. The molecule has 1 N–H and O–H groups in total. The van der Waals surface area contributed by atoms with E-state index in [0.29, 0.717) is 11.3 Å². The summed E-state index contributed by atoms with van der Waals surface area (Å²) in [6.07, 6.45) is -4.78. The smallest absolute Gasteiger partial charge is 0.406 e. The molecule has 0 bridgehead atoms. The standard InChI is InChI=1S/C18H15F3N2O2S2/c19-18(20,21)25-14-6-3-5-13(10-14)23-16(24)15-7-2-1-4-12(15)11-27-17-22-8-9-26-17/h1-7,10H,8-9,11H2,(H,23,24). The number of benzene rings is 2. The molecule has 0 atom stereocenters. The van der Waals surface area contributed by atoms with Gasteiger partial charge in [0.1, 0.15) is 10.1 Å². The molecule has 4 nitrogen and oxygen atoms in total. The third kappa shape index (κ3) is 5.93. The van der Waals surface area contributed by atoms with E-state index in [1.54, 1.807) is 35.7 Å². The minimum atomic E-state index is -4.78. The third-order valence-electron chi connectivity index (χ3n) is 3.50. The molecule has 0 saturated heterocycles. The van der Waals surface area contributed by atoms with Gasteiger partial charge in [0.25, 0.3) is 5.91 Å². The van der Waals surface area contributed by atoms with Crippen LogP contribution in [0.2, 0.25) is 0 Å². The number of anilines is 1. The van der Waals surface area contributed by atoms with E-state index in [1.807, 2.05) is 12.1 Å². The van der Waals surface area contributed by atoms with E-state index in [1.165, 1.54) is 18.2 Å². The summed E-state index contributed by atoms with van der Waals surface area (Å²) >= 11 is 3.26. The van der Waals surface area contributed by atoms with Crippen LogP contribution in [0.25, 0.3) is 0 Å². The van der Waals surface area contributed by atoms with Crippen LogP contribution in [0.5, 0.6) is 5.75 Å². The summed E-state index contributed by atoms with van der Waals surface area (Å²) in [4.78, 5) is 17.0. The van der Waals surface area contributed by atoms with E-state index in [-0.39, 0.29) is 11.4 Å². The maximum absolute atomic E-state index is 12.6. The van der Waals surface area contributed by atoms with E-state index in [2.05, 4.69) is 15.0 Å². The van der Waals surface area contributed by atoms with Gasteiger partial charge in [0.05, 0.1) is 6.54 Å². The summed E-state index contributed by atoms with van der Waals surface area (Å²) in [6.45, 7) is 0.811. The molecule has 0 saturated carbocycles. The topological polar surface area (TPSA) is 50.7 Å². The molecule has 2 aromatic carbocycles. The number of amides is 1. The second-order valence-electron chi connectivity index (χ2n) is 5.47. The molecule has 1 heterocycles. The number of nitrogens with zero attached hydrogens (tertiary/aromatic N) is 1. The number of aliphatic imine (C=N–C) groups is 1. The Labute approximate surface area is 162 Å². The molecule has 0 aromatic heterocycles. The van der Waals surface area contributed by atoms with Gasteiger partial charge >= 0.3 is 6.36 Å². The first-order chi connectivity index (χ1) is 12.9. The van der Waals surface area contributed by atoms with E-state index < -0.39 is 12.3 Å². The Morgan fingerprint density at radius 3 is 2.78 bits per heavy atom. The average Bonchev–Trinajstić information content (AvgIpc) is 3.12. The summed E-state index contributed by atoms with van der Waals surface area (Å²) in [5, 5.41) is 2.62. The van der Waals surface area contributed by atoms with Crippen LogP contribution in [0.3, 0.4) is 0 Å². The van der Waals surface area contributed by atoms with Crippen molar-refractivity contribution in [2.45, 2.75) is 12.1 Å². The van der Waals surface area contributed by atoms with Gasteiger partial charge in [-0.1, -0.05) is 47.8 Å². The minimum Gasteiger partial charge on any atom is -0.406 e. The van der Waals surface area contributed by atoms with E-state index in [9.17, 15) is 18.0 Å². The number of nitrogens with one attached hydrogen (secondary N) is 1. The number of carbonyl (C=O) groups is 1. The molecular weight excluding hydrogens is 397 g/mol. The fourth-order valence-corrected chi connectivity index (χ4v) is 4.39. The zero-order chi connectivity index (χ0) is 19.3. The summed E-state index contributed by atoms with van der Waals surface area (Å²) in [7, 11) is 0. The Morgan fingerprint density at radius 1 is 1.22 bits per heavy atom. The van der Waals surface area contributed by atoms with Crippen LogP contribution < -0.4 is 10.1 Å². The summed E-state index contributed by atoms with van der Waals surface area (Å²) in [6, 6.07) is 12.3. The van der Waals surface area contributed by atoms with Crippen LogP contribution in [-0.2, 0) is 5.75 Å². The van der Waals surface area contributed by atoms with Crippen molar-refractivity contribution in [2.75, 3.05) is 17.6 Å². The Balaban J connectivity index is 1.70. The summed E-state index contributed by atoms with van der Waals surface area (Å²) in [5.41, 5.74) is 1.52. The summed E-state index contributed by atoms with van der Waals surface area (Å²) in [5.74, 6) is 0.782. The second-order valence-corrected chi connectivity index (χ2v) is 7.78. The van der Waals surface area contributed by atoms with Crippen molar-refractivity contribution in [1.29, 1.82) is 0 Å². The first-order valence-corrected chi connectivity index (χ1v) is 9.93. The number of alkyl halides is 3. The lowest BCUT2D eigenvalue weighted by molar-refractivity contribution is -0.274. The normalized spacial score (nSPS) is 14.0. The highest BCUT2D eigenvalue weighted by Crippen LogP contribution is 2.28. The number of hydrogen-bond donors (Lipinski definition) is 1. The van der Waals surface area contributed by atoms with Crippen molar-refractivity contribution in [3.8, 4) is 5.75 Å². The molecular formula is C18H15F3N2O2S2. The molecule has 27 heavy (non-hydrogen) atoms. The van der Waals surface area contributed by atoms with Crippen molar-refractivity contribution in [2.24, 2.45) is 4.99 Å². The van der Waals surface area contributed by atoms with Crippen molar-refractivity contribution < 1.29 is 22.7 Å². The lowest BCUT2D eigenvalue weighted by Crippen LogP contribution is -2.17. The van der Waals surface area contributed by atoms with Gasteiger partial charge in [0.15, 0.2) is 0 Å². The minimum absolute atomic E-state index is 0.222. The van der Waals surface area contributed by atoms with Gasteiger partial charge in [-0.05, 0) is 23.8 Å². The van der Waals surface area contributed by atoms with E-state index >= 15 is 0 Å². The van der Waals surface area contributed by atoms with Crippen molar-refractivity contribution >= 4 is 39.5 Å². The Hall–Kier alpha value is -2.13. The zero-order valence-electron chi connectivity index (χ0n) is 14.0. The number of halogens is 3. The first-order valence-electron chi connectivity index (χ1n) is 7.96. The Morgan fingerprint density at radius 2 is 2.04 bits per heavy atom. The highest BCUT2D eigenvalue weighted by atomic mass is 32.2. The highest BCUT2D eigenvalue weighted by Gasteiger charge is 2.31. The van der Waals surface area contributed by atoms with Crippen LogP contribution >= 0.6 is 23.5 Å². The maximum atomic E-state index is 12.6. The molecule has 3 rings (SSSR count). The van der Waals surface area contributed by atoms with Crippen LogP contribution in [0.4, 0.5) is 18.9 Å². The third-order valence-corrected chi connectivity index (χ3v) is 5.80. The number of hydrogen-bond acceptors (Lipinski definition) is 5. The molecule has 1 aliphatic heterocycles. The highest BCUT2D eigenvalue weighted by molar-refractivity contribution is 8.38. The van der Waals surface area contributed by atoms with Gasteiger partial charge in [-0.2, -0.15) is 0 Å². The van der Waals surface area contributed by atoms with Crippen LogP contribution in [0, 0.1) is 0 Å². The second kappa shape index (κ2) is 8.71.